The van der Waals surface area contributed by atoms with Crippen LogP contribution in [0.25, 0.3) is 0 Å². The van der Waals surface area contributed by atoms with E-state index in [9.17, 15) is 9.59 Å². The normalized spacial score (nSPS) is 11.4. The van der Waals surface area contributed by atoms with E-state index in [0.717, 1.165) is 5.69 Å². The summed E-state index contributed by atoms with van der Waals surface area (Å²) < 4.78 is 4.65. The fraction of sp³-hybridized carbons (Fsp3) is 0.136. The van der Waals surface area contributed by atoms with E-state index in [1.807, 2.05) is 24.3 Å². The fourth-order valence-electron chi connectivity index (χ4n) is 2.69. The third kappa shape index (κ3) is 4.73. The Morgan fingerprint density at radius 2 is 1.61 bits per heavy atom. The molecule has 2 aromatic carbocycles. The number of aromatic nitrogens is 1. The van der Waals surface area contributed by atoms with Gasteiger partial charge < -0.3 is 15.4 Å². The summed E-state index contributed by atoms with van der Waals surface area (Å²) in [5.74, 6) is -0.749. The lowest BCUT2D eigenvalue weighted by Gasteiger charge is -2.15. The van der Waals surface area contributed by atoms with Gasteiger partial charge in [0, 0.05) is 11.7 Å². The molecule has 0 aliphatic carbocycles. The van der Waals surface area contributed by atoms with Crippen LogP contribution >= 0.6 is 0 Å². The molecule has 1 unspecified atom stereocenters. The van der Waals surface area contributed by atoms with Gasteiger partial charge in [-0.1, -0.05) is 30.3 Å². The summed E-state index contributed by atoms with van der Waals surface area (Å²) in [6.07, 6.45) is 1.63. The van der Waals surface area contributed by atoms with Crippen LogP contribution in [0.15, 0.2) is 72.9 Å². The minimum Gasteiger partial charge on any atom is -0.465 e. The second-order valence-electron chi connectivity index (χ2n) is 6.23. The van der Waals surface area contributed by atoms with Crippen molar-refractivity contribution >= 4 is 23.3 Å². The van der Waals surface area contributed by atoms with Crippen molar-refractivity contribution in [3.8, 4) is 0 Å². The topological polar surface area (TPSA) is 80.3 Å². The van der Waals surface area contributed by atoms with Crippen LogP contribution in [-0.2, 0) is 4.74 Å². The number of ether oxygens (including phenoxy) is 1. The number of hydrogen-bond donors (Lipinski definition) is 2. The highest BCUT2D eigenvalue weighted by molar-refractivity contribution is 6.03. The molecule has 0 radical (unpaired) electrons. The van der Waals surface area contributed by atoms with Crippen LogP contribution in [-0.4, -0.2) is 24.0 Å². The number of rotatable bonds is 6. The minimum absolute atomic E-state index is 0.121. The molecule has 1 heterocycles. The van der Waals surface area contributed by atoms with Crippen LogP contribution < -0.4 is 10.6 Å². The summed E-state index contributed by atoms with van der Waals surface area (Å²) in [7, 11) is 1.32. The Balaban J connectivity index is 1.61. The highest BCUT2D eigenvalue weighted by Gasteiger charge is 2.10. The summed E-state index contributed by atoms with van der Waals surface area (Å²) in [5, 5.41) is 6.11. The Morgan fingerprint density at radius 1 is 0.929 bits per heavy atom. The van der Waals surface area contributed by atoms with Gasteiger partial charge in [0.25, 0.3) is 5.91 Å². The maximum absolute atomic E-state index is 12.4. The van der Waals surface area contributed by atoms with Gasteiger partial charge in [0.15, 0.2) is 0 Å². The third-order valence-electron chi connectivity index (χ3n) is 4.24. The van der Waals surface area contributed by atoms with Crippen LogP contribution in [0.5, 0.6) is 0 Å². The second-order valence-corrected chi connectivity index (χ2v) is 6.23. The standard InChI is InChI=1S/C22H21N3O3/c1-15(16-6-4-3-5-7-16)24-19-12-13-20(23-14-19)21(26)25-18-10-8-17(9-11-18)22(27)28-2/h3-15,24H,1-2H3,(H,25,26). The molecule has 0 aliphatic heterocycles. The molecule has 28 heavy (non-hydrogen) atoms. The van der Waals surface area contributed by atoms with Gasteiger partial charge in [0.1, 0.15) is 5.69 Å². The SMILES string of the molecule is COC(=O)c1ccc(NC(=O)c2ccc(NC(C)c3ccccc3)cn2)cc1. The van der Waals surface area contributed by atoms with Crippen molar-refractivity contribution in [1.29, 1.82) is 0 Å². The zero-order chi connectivity index (χ0) is 19.9. The number of methoxy groups -OCH3 is 1. The lowest BCUT2D eigenvalue weighted by atomic mass is 10.1. The van der Waals surface area contributed by atoms with Gasteiger partial charge in [-0.15, -0.1) is 0 Å². The van der Waals surface area contributed by atoms with Gasteiger partial charge >= 0.3 is 5.97 Å². The number of hydrogen-bond acceptors (Lipinski definition) is 5. The molecule has 1 atom stereocenters. The van der Waals surface area contributed by atoms with Crippen molar-refractivity contribution in [1.82, 2.24) is 4.98 Å². The molecule has 142 valence electrons. The van der Waals surface area contributed by atoms with E-state index in [0.29, 0.717) is 16.9 Å². The molecule has 1 amide bonds. The molecule has 0 saturated carbocycles. The fourth-order valence-corrected chi connectivity index (χ4v) is 2.69. The lowest BCUT2D eigenvalue weighted by Crippen LogP contribution is -2.14. The number of nitrogens with zero attached hydrogens (tertiary/aromatic N) is 1. The molecule has 0 saturated heterocycles. The van der Waals surface area contributed by atoms with Gasteiger partial charge in [0.05, 0.1) is 24.6 Å². The summed E-state index contributed by atoms with van der Waals surface area (Å²) in [6.45, 7) is 2.06. The Morgan fingerprint density at radius 3 is 2.21 bits per heavy atom. The Labute approximate surface area is 163 Å². The number of benzene rings is 2. The predicted molar refractivity (Wildman–Crippen MR) is 108 cm³/mol. The summed E-state index contributed by atoms with van der Waals surface area (Å²) in [6, 6.07) is 20.2. The second kappa shape index (κ2) is 8.81. The number of esters is 1. The summed E-state index contributed by atoms with van der Waals surface area (Å²) in [4.78, 5) is 28.0. The molecule has 0 aliphatic rings. The molecule has 6 nitrogen and oxygen atoms in total. The lowest BCUT2D eigenvalue weighted by molar-refractivity contribution is 0.0600. The van der Waals surface area contributed by atoms with Crippen LogP contribution in [0.1, 0.15) is 39.4 Å². The van der Waals surface area contributed by atoms with Crippen LogP contribution in [0, 0.1) is 0 Å². The molecule has 2 N–H and O–H groups in total. The maximum Gasteiger partial charge on any atom is 0.337 e. The molecule has 0 bridgehead atoms. The van der Waals surface area contributed by atoms with E-state index in [1.165, 1.54) is 12.7 Å². The van der Waals surface area contributed by atoms with Crippen molar-refractivity contribution in [3.05, 3.63) is 89.7 Å². The molecular formula is C22H21N3O3. The average Bonchev–Trinajstić information content (AvgIpc) is 2.74. The van der Waals surface area contributed by atoms with E-state index >= 15 is 0 Å². The molecular weight excluding hydrogens is 354 g/mol. The average molecular weight is 375 g/mol. The number of carbonyl (C=O) groups excluding carboxylic acids is 2. The Kier molecular flexibility index (Phi) is 6.01. The van der Waals surface area contributed by atoms with Crippen LogP contribution in [0.3, 0.4) is 0 Å². The maximum atomic E-state index is 12.4. The predicted octanol–water partition coefficient (Wildman–Crippen LogP) is 4.29. The molecule has 1 aromatic heterocycles. The molecule has 0 fully saturated rings. The molecule has 6 heteroatoms. The first kappa shape index (κ1) is 19.1. The van der Waals surface area contributed by atoms with Gasteiger partial charge in [0.2, 0.25) is 0 Å². The number of carbonyl (C=O) groups is 2. The smallest absolute Gasteiger partial charge is 0.337 e. The first-order valence-corrected chi connectivity index (χ1v) is 8.84. The van der Waals surface area contributed by atoms with Crippen molar-refractivity contribution < 1.29 is 14.3 Å². The number of nitrogens with one attached hydrogen (secondary N) is 2. The largest absolute Gasteiger partial charge is 0.465 e. The van der Waals surface area contributed by atoms with Crippen molar-refractivity contribution in [3.63, 3.8) is 0 Å². The third-order valence-corrected chi connectivity index (χ3v) is 4.24. The monoisotopic (exact) mass is 375 g/mol. The van der Waals surface area contributed by atoms with Crippen molar-refractivity contribution in [2.75, 3.05) is 17.7 Å². The zero-order valence-electron chi connectivity index (χ0n) is 15.7. The minimum atomic E-state index is -0.424. The quantitative estimate of drug-likeness (QED) is 0.628. The van der Waals surface area contributed by atoms with E-state index in [2.05, 4.69) is 39.4 Å². The van der Waals surface area contributed by atoms with Crippen molar-refractivity contribution in [2.45, 2.75) is 13.0 Å². The number of amides is 1. The van der Waals surface area contributed by atoms with Crippen molar-refractivity contribution in [2.24, 2.45) is 0 Å². The highest BCUT2D eigenvalue weighted by atomic mass is 16.5. The summed E-state index contributed by atoms with van der Waals surface area (Å²) in [5.41, 5.74) is 3.28. The first-order valence-electron chi connectivity index (χ1n) is 8.84. The highest BCUT2D eigenvalue weighted by Crippen LogP contribution is 2.19. The van der Waals surface area contributed by atoms with E-state index in [-0.39, 0.29) is 11.9 Å². The van der Waals surface area contributed by atoms with E-state index < -0.39 is 5.97 Å². The van der Waals surface area contributed by atoms with E-state index in [4.69, 9.17) is 0 Å². The van der Waals surface area contributed by atoms with Gasteiger partial charge in [-0.25, -0.2) is 9.78 Å². The van der Waals surface area contributed by atoms with Gasteiger partial charge in [-0.3, -0.25) is 4.79 Å². The van der Waals surface area contributed by atoms with Crippen LogP contribution in [0.2, 0.25) is 0 Å². The number of anilines is 2. The molecule has 0 spiro atoms. The first-order chi connectivity index (χ1) is 13.6. The Bertz CT molecular complexity index is 939. The number of pyridine rings is 1. The Hall–Kier alpha value is -3.67. The molecule has 3 rings (SSSR count). The summed E-state index contributed by atoms with van der Waals surface area (Å²) >= 11 is 0. The van der Waals surface area contributed by atoms with E-state index in [1.54, 1.807) is 36.5 Å². The van der Waals surface area contributed by atoms with Gasteiger partial charge in [-0.2, -0.15) is 0 Å². The van der Waals surface area contributed by atoms with Crippen LogP contribution in [0.4, 0.5) is 11.4 Å². The molecule has 3 aromatic rings. The zero-order valence-corrected chi connectivity index (χ0v) is 15.7. The van der Waals surface area contributed by atoms with Gasteiger partial charge in [-0.05, 0) is 48.9 Å².